The molecule has 0 saturated carbocycles. The van der Waals surface area contributed by atoms with E-state index in [0.29, 0.717) is 25.7 Å². The molecule has 0 aromatic rings. The first-order valence-corrected chi connectivity index (χ1v) is 20.1. The molecule has 10 aliphatic rings. The van der Waals surface area contributed by atoms with E-state index in [4.69, 9.17) is 42.6 Å². The van der Waals surface area contributed by atoms with Crippen molar-refractivity contribution >= 4 is 5.78 Å². The highest BCUT2D eigenvalue weighted by Gasteiger charge is 2.68. The van der Waals surface area contributed by atoms with Crippen molar-refractivity contribution in [3.05, 3.63) is 24.3 Å². The molecule has 0 aromatic carbocycles. The van der Waals surface area contributed by atoms with E-state index in [0.717, 1.165) is 49.7 Å². The average molecular weight is 731 g/mol. The standard InChI is InChI=1S/C40H58O12/c1-19-11-24-5-7-28-20(2)12-26(45-28)9-10-40-17-33-36(51-40)37-38(50-33)39(52-40)35-29(49-37)8-6-25(47-35)13-22(42)14-27-31(16-30(46-24)21(19)3)48-32(34(27)44-4)15-23(43)18-41/h19,23-39,41,43H,2-3,5-18H2,1,4H3/t19-,23+,24+,25-,26+,27+,28+,29+,30-,31+,32-,33-,34-,35+,36+,37+,38?,39+,40+/m1/s1. The molecule has 10 rings (SSSR count). The Morgan fingerprint density at radius 2 is 1.54 bits per heavy atom. The van der Waals surface area contributed by atoms with Gasteiger partial charge in [0.1, 0.15) is 36.3 Å². The summed E-state index contributed by atoms with van der Waals surface area (Å²) < 4.78 is 59.8. The van der Waals surface area contributed by atoms with Crippen LogP contribution < -0.4 is 0 Å². The third kappa shape index (κ3) is 6.59. The molecule has 0 amide bonds. The molecular formula is C40H58O12. The zero-order valence-corrected chi connectivity index (χ0v) is 30.7. The number of ketones is 1. The predicted molar refractivity (Wildman–Crippen MR) is 184 cm³/mol. The summed E-state index contributed by atoms with van der Waals surface area (Å²) in [5.41, 5.74) is 2.17. The molecule has 1 spiro atoms. The summed E-state index contributed by atoms with van der Waals surface area (Å²) in [5.74, 6) is -0.709. The Hall–Kier alpha value is -1.29. The fourth-order valence-electron chi connectivity index (χ4n) is 11.3. The van der Waals surface area contributed by atoms with Crippen LogP contribution >= 0.6 is 0 Å². The van der Waals surface area contributed by atoms with Crippen LogP contribution in [-0.2, 0) is 47.4 Å². The van der Waals surface area contributed by atoms with Crippen LogP contribution in [0.4, 0.5) is 0 Å². The number of methoxy groups -OCH3 is 1. The van der Waals surface area contributed by atoms with E-state index in [1.807, 2.05) is 0 Å². The Bertz CT molecular complexity index is 1370. The number of rotatable bonds is 4. The molecule has 0 aromatic heterocycles. The fraction of sp³-hybridized carbons (Fsp3) is 0.875. The Kier molecular flexibility index (Phi) is 10.0. The van der Waals surface area contributed by atoms with Crippen LogP contribution in [0.25, 0.3) is 0 Å². The van der Waals surface area contributed by atoms with Crippen LogP contribution in [0.2, 0.25) is 0 Å². The highest BCUT2D eigenvalue weighted by Crippen LogP contribution is 2.54. The minimum atomic E-state index is -0.951. The zero-order chi connectivity index (χ0) is 35.9. The molecule has 0 radical (unpaired) electrons. The number of ether oxygens (including phenoxy) is 9. The van der Waals surface area contributed by atoms with Crippen LogP contribution in [0.5, 0.6) is 0 Å². The van der Waals surface area contributed by atoms with Crippen molar-refractivity contribution in [1.82, 2.24) is 0 Å². The Morgan fingerprint density at radius 3 is 2.37 bits per heavy atom. The van der Waals surface area contributed by atoms with Crippen molar-refractivity contribution in [2.75, 3.05) is 13.7 Å². The fourth-order valence-corrected chi connectivity index (χ4v) is 11.3. The Labute approximate surface area is 306 Å². The maximum atomic E-state index is 14.0. The van der Waals surface area contributed by atoms with Gasteiger partial charge in [-0.1, -0.05) is 20.1 Å². The molecule has 52 heavy (non-hydrogen) atoms. The van der Waals surface area contributed by atoms with E-state index >= 15 is 0 Å². The second kappa shape index (κ2) is 14.3. The van der Waals surface area contributed by atoms with E-state index in [9.17, 15) is 15.0 Å². The number of carbonyl (C=O) groups is 1. The first kappa shape index (κ1) is 36.4. The van der Waals surface area contributed by atoms with Crippen LogP contribution in [0, 0.1) is 11.8 Å². The van der Waals surface area contributed by atoms with Crippen molar-refractivity contribution in [2.45, 2.75) is 194 Å². The molecule has 10 aliphatic heterocycles. The highest BCUT2D eigenvalue weighted by atomic mass is 16.8. The Morgan fingerprint density at radius 1 is 0.788 bits per heavy atom. The molecule has 290 valence electrons. The summed E-state index contributed by atoms with van der Waals surface area (Å²) in [6.07, 6.45) is 4.01. The van der Waals surface area contributed by atoms with E-state index < -0.39 is 24.1 Å². The minimum Gasteiger partial charge on any atom is -0.394 e. The average Bonchev–Trinajstić information content (AvgIpc) is 3.79. The number of Topliss-reactive ketones (excluding diaryl/α,β-unsaturated/α-hetero) is 1. The summed E-state index contributed by atoms with van der Waals surface area (Å²) in [5, 5.41) is 20.1. The molecule has 10 fully saturated rings. The first-order chi connectivity index (χ1) is 25.1. The normalized spacial score (nSPS) is 52.4. The monoisotopic (exact) mass is 730 g/mol. The van der Waals surface area contributed by atoms with Crippen LogP contribution in [0.15, 0.2) is 24.3 Å². The van der Waals surface area contributed by atoms with E-state index in [1.165, 1.54) is 0 Å². The number of hydrogen-bond donors (Lipinski definition) is 2. The lowest BCUT2D eigenvalue weighted by Crippen LogP contribution is -2.61. The van der Waals surface area contributed by atoms with Crippen molar-refractivity contribution in [3.63, 3.8) is 0 Å². The van der Waals surface area contributed by atoms with Gasteiger partial charge in [-0.15, -0.1) is 0 Å². The first-order valence-electron chi connectivity index (χ1n) is 20.1. The van der Waals surface area contributed by atoms with Gasteiger partial charge in [-0.25, -0.2) is 0 Å². The predicted octanol–water partition coefficient (Wildman–Crippen LogP) is 3.47. The zero-order valence-electron chi connectivity index (χ0n) is 30.7. The maximum Gasteiger partial charge on any atom is 0.172 e. The minimum absolute atomic E-state index is 0.0260. The van der Waals surface area contributed by atoms with Gasteiger partial charge in [0.15, 0.2) is 5.79 Å². The van der Waals surface area contributed by atoms with Crippen LogP contribution in [0.1, 0.15) is 90.4 Å². The molecule has 12 nitrogen and oxygen atoms in total. The van der Waals surface area contributed by atoms with E-state index in [1.54, 1.807) is 7.11 Å². The smallest absolute Gasteiger partial charge is 0.172 e. The lowest BCUT2D eigenvalue weighted by Gasteiger charge is -2.47. The Balaban J connectivity index is 0.994. The van der Waals surface area contributed by atoms with Crippen molar-refractivity contribution in [1.29, 1.82) is 0 Å². The van der Waals surface area contributed by atoms with Gasteiger partial charge in [-0.2, -0.15) is 0 Å². The largest absolute Gasteiger partial charge is 0.394 e. The number of carbonyl (C=O) groups excluding carboxylic acids is 1. The topological polar surface area (TPSA) is 141 Å². The molecule has 10 saturated heterocycles. The highest BCUT2D eigenvalue weighted by molar-refractivity contribution is 5.79. The van der Waals surface area contributed by atoms with Crippen LogP contribution in [0.3, 0.4) is 0 Å². The van der Waals surface area contributed by atoms with Gasteiger partial charge in [0.05, 0.1) is 73.8 Å². The number of hydrogen-bond acceptors (Lipinski definition) is 12. The van der Waals surface area contributed by atoms with Gasteiger partial charge in [0, 0.05) is 51.6 Å². The van der Waals surface area contributed by atoms with Crippen LogP contribution in [-0.4, -0.2) is 133 Å². The molecule has 2 N–H and O–H groups in total. The van der Waals surface area contributed by atoms with E-state index in [-0.39, 0.29) is 123 Å². The van der Waals surface area contributed by atoms with Crippen molar-refractivity contribution < 1.29 is 57.6 Å². The lowest BCUT2D eigenvalue weighted by molar-refractivity contribution is -0.292. The maximum absolute atomic E-state index is 14.0. The third-order valence-electron chi connectivity index (χ3n) is 13.9. The number of aliphatic hydroxyl groups excluding tert-OH is 2. The van der Waals surface area contributed by atoms with Gasteiger partial charge in [0.25, 0.3) is 0 Å². The molecule has 19 atom stereocenters. The summed E-state index contributed by atoms with van der Waals surface area (Å²) in [6.45, 7) is 10.7. The number of aliphatic hydroxyl groups is 2. The summed E-state index contributed by atoms with van der Waals surface area (Å²) in [7, 11) is 1.63. The lowest BCUT2D eigenvalue weighted by atomic mass is 9.81. The van der Waals surface area contributed by atoms with Gasteiger partial charge in [-0.05, 0) is 62.0 Å². The SMILES string of the molecule is C=C1C[C@@H]2CC[C@@]34C[C@H]5OC6[C@@H](O[C@H]7CC[C@H](CC(=O)C[C@@H]8[C@@H](OC)[C@@H](C[C@H](O)CO)O[C@H]8C[C@H]8O[C@@H](CC[C@@H]1O2)C[C@@H](C)C8=C)O[C@@H]7[C@@H]6O3)[C@H]5O4. The van der Waals surface area contributed by atoms with Gasteiger partial charge in [-0.3, -0.25) is 4.79 Å². The summed E-state index contributed by atoms with van der Waals surface area (Å²) >= 11 is 0. The molecule has 1 unspecified atom stereocenters. The second-order valence-electron chi connectivity index (χ2n) is 17.4. The summed E-state index contributed by atoms with van der Waals surface area (Å²) in [6, 6.07) is 0. The van der Waals surface area contributed by atoms with Gasteiger partial charge >= 0.3 is 0 Å². The third-order valence-corrected chi connectivity index (χ3v) is 13.9. The quantitative estimate of drug-likeness (QED) is 0.410. The molecule has 12 heteroatoms. The van der Waals surface area contributed by atoms with Gasteiger partial charge < -0.3 is 52.8 Å². The molecule has 0 aliphatic carbocycles. The molecule has 10 heterocycles. The van der Waals surface area contributed by atoms with E-state index in [2.05, 4.69) is 20.1 Å². The molecule has 12 bridgehead atoms. The van der Waals surface area contributed by atoms with Gasteiger partial charge in [0.2, 0.25) is 0 Å². The molecular weight excluding hydrogens is 672 g/mol. The summed E-state index contributed by atoms with van der Waals surface area (Å²) in [4.78, 5) is 14.0. The van der Waals surface area contributed by atoms with Crippen molar-refractivity contribution in [2.24, 2.45) is 11.8 Å². The van der Waals surface area contributed by atoms with Crippen molar-refractivity contribution in [3.8, 4) is 0 Å². The number of fused-ring (bicyclic) bond motifs is 6. The second-order valence-corrected chi connectivity index (χ2v) is 17.4.